The SMILES string of the molecule is CC(C(=O)c1cccc(Cl)c1)N(CCO)C1CCCC1. The van der Waals surface area contributed by atoms with Gasteiger partial charge in [-0.15, -0.1) is 0 Å². The molecule has 1 aromatic carbocycles. The Morgan fingerprint density at radius 2 is 2.15 bits per heavy atom. The van der Waals surface area contributed by atoms with Crippen LogP contribution in [0.1, 0.15) is 43.0 Å². The van der Waals surface area contributed by atoms with E-state index in [-0.39, 0.29) is 18.4 Å². The first-order valence-corrected chi connectivity index (χ1v) is 7.67. The summed E-state index contributed by atoms with van der Waals surface area (Å²) in [5, 5.41) is 9.85. The standard InChI is InChI=1S/C16H22ClNO2/c1-12(16(20)13-5-4-6-14(17)11-13)18(9-10-19)15-7-2-3-8-15/h4-6,11-12,15,19H,2-3,7-10H2,1H3. The Balaban J connectivity index is 2.13. The predicted octanol–water partition coefficient (Wildman–Crippen LogP) is 3.15. The lowest BCUT2D eigenvalue weighted by atomic mass is 10.0. The van der Waals surface area contributed by atoms with Gasteiger partial charge in [0.15, 0.2) is 5.78 Å². The Bertz CT molecular complexity index is 458. The largest absolute Gasteiger partial charge is 0.395 e. The van der Waals surface area contributed by atoms with Crippen molar-refractivity contribution in [2.75, 3.05) is 13.2 Å². The summed E-state index contributed by atoms with van der Waals surface area (Å²) in [5.41, 5.74) is 0.644. The molecule has 1 unspecified atom stereocenters. The Morgan fingerprint density at radius 1 is 1.45 bits per heavy atom. The Kier molecular flexibility index (Phi) is 5.58. The molecule has 4 heteroatoms. The number of aliphatic hydroxyl groups excluding tert-OH is 1. The van der Waals surface area contributed by atoms with Crippen LogP contribution >= 0.6 is 11.6 Å². The first kappa shape index (κ1) is 15.5. The number of hydrogen-bond acceptors (Lipinski definition) is 3. The second-order valence-corrected chi connectivity index (χ2v) is 5.89. The van der Waals surface area contributed by atoms with Crippen molar-refractivity contribution in [3.63, 3.8) is 0 Å². The molecule has 1 aliphatic rings. The molecule has 3 nitrogen and oxygen atoms in total. The van der Waals surface area contributed by atoms with E-state index < -0.39 is 0 Å². The number of aliphatic hydroxyl groups is 1. The van der Waals surface area contributed by atoms with Gasteiger partial charge in [-0.05, 0) is 31.9 Å². The summed E-state index contributed by atoms with van der Waals surface area (Å²) in [6, 6.07) is 7.28. The third-order valence-corrected chi connectivity index (χ3v) is 4.37. The van der Waals surface area contributed by atoms with Crippen molar-refractivity contribution in [1.82, 2.24) is 4.90 Å². The van der Waals surface area contributed by atoms with E-state index in [1.54, 1.807) is 24.3 Å². The van der Waals surface area contributed by atoms with Crippen LogP contribution in [0, 0.1) is 0 Å². The Labute approximate surface area is 125 Å². The fourth-order valence-corrected chi connectivity index (χ4v) is 3.27. The lowest BCUT2D eigenvalue weighted by Crippen LogP contribution is -2.46. The molecule has 110 valence electrons. The van der Waals surface area contributed by atoms with Gasteiger partial charge in [-0.25, -0.2) is 0 Å². The van der Waals surface area contributed by atoms with E-state index in [0.29, 0.717) is 23.2 Å². The zero-order valence-electron chi connectivity index (χ0n) is 11.9. The maximum atomic E-state index is 12.6. The van der Waals surface area contributed by atoms with E-state index in [9.17, 15) is 9.90 Å². The summed E-state index contributed by atoms with van der Waals surface area (Å²) in [4.78, 5) is 14.7. The molecule has 0 bridgehead atoms. The molecule has 1 atom stereocenters. The quantitative estimate of drug-likeness (QED) is 0.820. The van der Waals surface area contributed by atoms with Crippen molar-refractivity contribution in [2.45, 2.75) is 44.7 Å². The first-order chi connectivity index (χ1) is 9.63. The summed E-state index contributed by atoms with van der Waals surface area (Å²) in [6.45, 7) is 2.57. The van der Waals surface area contributed by atoms with Gasteiger partial charge in [0.25, 0.3) is 0 Å². The van der Waals surface area contributed by atoms with Crippen LogP contribution in [0.25, 0.3) is 0 Å². The third kappa shape index (κ3) is 3.60. The van der Waals surface area contributed by atoms with Gasteiger partial charge in [-0.1, -0.05) is 36.6 Å². The van der Waals surface area contributed by atoms with Gasteiger partial charge in [0.05, 0.1) is 12.6 Å². The van der Waals surface area contributed by atoms with Gasteiger partial charge < -0.3 is 5.11 Å². The molecular formula is C16H22ClNO2. The first-order valence-electron chi connectivity index (χ1n) is 7.30. The Hall–Kier alpha value is -0.900. The van der Waals surface area contributed by atoms with Crippen LogP contribution in [-0.2, 0) is 0 Å². The van der Waals surface area contributed by atoms with E-state index in [2.05, 4.69) is 4.90 Å². The minimum absolute atomic E-state index is 0.0767. The number of carbonyl (C=O) groups excluding carboxylic acids is 1. The zero-order valence-corrected chi connectivity index (χ0v) is 12.6. The fourth-order valence-electron chi connectivity index (χ4n) is 3.08. The second kappa shape index (κ2) is 7.21. The minimum atomic E-state index is -0.219. The van der Waals surface area contributed by atoms with Gasteiger partial charge in [-0.2, -0.15) is 0 Å². The molecule has 1 saturated carbocycles. The van der Waals surface area contributed by atoms with Gasteiger partial charge in [-0.3, -0.25) is 9.69 Å². The number of nitrogens with zero attached hydrogens (tertiary/aromatic N) is 1. The molecule has 1 fully saturated rings. The zero-order chi connectivity index (χ0) is 14.5. The van der Waals surface area contributed by atoms with Crippen LogP contribution < -0.4 is 0 Å². The normalized spacial score (nSPS) is 17.6. The number of ketones is 1. The van der Waals surface area contributed by atoms with E-state index >= 15 is 0 Å². The maximum absolute atomic E-state index is 12.6. The highest BCUT2D eigenvalue weighted by atomic mass is 35.5. The van der Waals surface area contributed by atoms with Crippen molar-refractivity contribution in [3.05, 3.63) is 34.9 Å². The van der Waals surface area contributed by atoms with Crippen molar-refractivity contribution in [1.29, 1.82) is 0 Å². The average Bonchev–Trinajstić information content (AvgIpc) is 2.97. The lowest BCUT2D eigenvalue weighted by Gasteiger charge is -2.33. The molecule has 0 aromatic heterocycles. The fraction of sp³-hybridized carbons (Fsp3) is 0.562. The molecule has 0 saturated heterocycles. The van der Waals surface area contributed by atoms with Crippen molar-refractivity contribution in [2.24, 2.45) is 0 Å². The highest BCUT2D eigenvalue weighted by Crippen LogP contribution is 2.26. The Morgan fingerprint density at radius 3 is 2.75 bits per heavy atom. The summed E-state index contributed by atoms with van der Waals surface area (Å²) in [7, 11) is 0. The van der Waals surface area contributed by atoms with Crippen molar-refractivity contribution in [3.8, 4) is 0 Å². The molecule has 0 amide bonds. The summed E-state index contributed by atoms with van der Waals surface area (Å²) in [5.74, 6) is 0.0767. The van der Waals surface area contributed by atoms with E-state index in [4.69, 9.17) is 11.6 Å². The molecule has 1 N–H and O–H groups in total. The van der Waals surface area contributed by atoms with Gasteiger partial charge >= 0.3 is 0 Å². The number of benzene rings is 1. The van der Waals surface area contributed by atoms with E-state index in [1.165, 1.54) is 12.8 Å². The summed E-state index contributed by atoms with van der Waals surface area (Å²) in [6.07, 6.45) is 4.66. The van der Waals surface area contributed by atoms with Crippen LogP contribution in [0.15, 0.2) is 24.3 Å². The molecule has 2 rings (SSSR count). The topological polar surface area (TPSA) is 40.5 Å². The van der Waals surface area contributed by atoms with Crippen LogP contribution in [0.4, 0.5) is 0 Å². The van der Waals surface area contributed by atoms with Crippen LogP contribution in [-0.4, -0.2) is 41.0 Å². The van der Waals surface area contributed by atoms with Gasteiger partial charge in [0.2, 0.25) is 0 Å². The molecule has 0 aliphatic heterocycles. The molecular weight excluding hydrogens is 274 g/mol. The smallest absolute Gasteiger partial charge is 0.179 e. The lowest BCUT2D eigenvalue weighted by molar-refractivity contribution is 0.0707. The van der Waals surface area contributed by atoms with Crippen LogP contribution in [0.2, 0.25) is 5.02 Å². The molecule has 1 aliphatic carbocycles. The number of halogens is 1. The average molecular weight is 296 g/mol. The number of hydrogen-bond donors (Lipinski definition) is 1. The number of carbonyl (C=O) groups is 1. The number of rotatable bonds is 6. The molecule has 0 heterocycles. The number of Topliss-reactive ketones (excluding diaryl/α,β-unsaturated/α-hetero) is 1. The van der Waals surface area contributed by atoms with E-state index in [0.717, 1.165) is 12.8 Å². The molecule has 0 radical (unpaired) electrons. The second-order valence-electron chi connectivity index (χ2n) is 5.45. The molecule has 20 heavy (non-hydrogen) atoms. The predicted molar refractivity (Wildman–Crippen MR) is 81.3 cm³/mol. The van der Waals surface area contributed by atoms with Crippen molar-refractivity contribution < 1.29 is 9.90 Å². The maximum Gasteiger partial charge on any atom is 0.179 e. The van der Waals surface area contributed by atoms with E-state index in [1.807, 2.05) is 6.92 Å². The van der Waals surface area contributed by atoms with Crippen LogP contribution in [0.5, 0.6) is 0 Å². The van der Waals surface area contributed by atoms with Crippen molar-refractivity contribution >= 4 is 17.4 Å². The highest BCUT2D eigenvalue weighted by Gasteiger charge is 2.30. The minimum Gasteiger partial charge on any atom is -0.395 e. The van der Waals surface area contributed by atoms with Gasteiger partial charge in [0, 0.05) is 23.2 Å². The highest BCUT2D eigenvalue weighted by molar-refractivity contribution is 6.31. The third-order valence-electron chi connectivity index (χ3n) is 4.14. The summed E-state index contributed by atoms with van der Waals surface area (Å²) < 4.78 is 0. The van der Waals surface area contributed by atoms with Gasteiger partial charge in [0.1, 0.15) is 0 Å². The molecule has 0 spiro atoms. The summed E-state index contributed by atoms with van der Waals surface area (Å²) >= 11 is 5.96. The monoisotopic (exact) mass is 295 g/mol. The molecule has 1 aromatic rings. The van der Waals surface area contributed by atoms with Crippen LogP contribution in [0.3, 0.4) is 0 Å².